The number of nitrogens with zero attached hydrogens (tertiary/aromatic N) is 2. The van der Waals surface area contributed by atoms with Gasteiger partial charge in [-0.2, -0.15) is 13.2 Å². The van der Waals surface area contributed by atoms with E-state index in [0.29, 0.717) is 34.9 Å². The second-order valence-corrected chi connectivity index (χ2v) is 11.4. The fraction of sp³-hybridized carbons (Fsp3) is 0.433. The van der Waals surface area contributed by atoms with Gasteiger partial charge in [-0.05, 0) is 70.7 Å². The summed E-state index contributed by atoms with van der Waals surface area (Å²) in [6.45, 7) is 8.22. The van der Waals surface area contributed by atoms with Crippen LogP contribution in [0.4, 0.5) is 13.2 Å². The first-order chi connectivity index (χ1) is 20.4. The van der Waals surface area contributed by atoms with Gasteiger partial charge >= 0.3 is 12.1 Å². The normalized spacial score (nSPS) is 17.2. The summed E-state index contributed by atoms with van der Waals surface area (Å²) in [4.78, 5) is 54.6. The van der Waals surface area contributed by atoms with Crippen molar-refractivity contribution in [1.82, 2.24) is 26.1 Å². The van der Waals surface area contributed by atoms with Crippen molar-refractivity contribution in [2.24, 2.45) is 11.1 Å². The molecule has 238 valence electrons. The maximum atomic E-state index is 13.2. The Bertz CT molecular complexity index is 1500. The smallest absolute Gasteiger partial charge is 0.409 e. The Morgan fingerprint density at radius 2 is 1.82 bits per heavy atom. The number of pyridine rings is 1. The number of carboxylic acid groups (broad SMARTS) is 1. The van der Waals surface area contributed by atoms with Gasteiger partial charge in [-0.25, -0.2) is 5.43 Å². The molecule has 0 unspecified atom stereocenters. The third-order valence-electron chi connectivity index (χ3n) is 7.12. The minimum atomic E-state index is -4.64. The molecule has 1 fully saturated rings. The highest BCUT2D eigenvalue weighted by molar-refractivity contribution is 6.01. The van der Waals surface area contributed by atoms with Gasteiger partial charge in [-0.3, -0.25) is 29.2 Å². The molecule has 44 heavy (non-hydrogen) atoms. The fourth-order valence-corrected chi connectivity index (χ4v) is 4.35. The number of rotatable bonds is 9. The molecule has 0 spiro atoms. The summed E-state index contributed by atoms with van der Waals surface area (Å²) in [5.74, 6) is -2.83. The van der Waals surface area contributed by atoms with Crippen molar-refractivity contribution < 1.29 is 37.5 Å². The van der Waals surface area contributed by atoms with Crippen molar-refractivity contribution in [3.8, 4) is 0 Å². The van der Waals surface area contributed by atoms with Crippen LogP contribution in [0.2, 0.25) is 0 Å². The average molecular weight is 619 g/mol. The fourth-order valence-electron chi connectivity index (χ4n) is 4.35. The average Bonchev–Trinajstić information content (AvgIpc) is 2.96. The minimum Gasteiger partial charge on any atom is -0.480 e. The molecule has 2 aromatic rings. The number of alkyl halides is 3. The molecular weight excluding hydrogens is 581 g/mol. The summed E-state index contributed by atoms with van der Waals surface area (Å²) in [5.41, 5.74) is 7.81. The number of hydrogen-bond donors (Lipinski definition) is 5. The minimum absolute atomic E-state index is 0.0467. The zero-order valence-corrected chi connectivity index (χ0v) is 25.1. The first-order valence-corrected chi connectivity index (χ1v) is 13.9. The predicted octanol–water partition coefficient (Wildman–Crippen LogP) is 3.33. The Morgan fingerprint density at radius 3 is 2.43 bits per heavy atom. The number of fused-ring (bicyclic) bond motifs is 1. The molecule has 1 aromatic heterocycles. The highest BCUT2D eigenvalue weighted by Crippen LogP contribution is 2.30. The van der Waals surface area contributed by atoms with E-state index in [4.69, 9.17) is 5.73 Å². The van der Waals surface area contributed by atoms with Crippen molar-refractivity contribution in [2.75, 3.05) is 6.54 Å². The third kappa shape index (κ3) is 8.41. The van der Waals surface area contributed by atoms with Gasteiger partial charge in [0.15, 0.2) is 0 Å². The van der Waals surface area contributed by atoms with Crippen LogP contribution < -0.4 is 21.8 Å². The van der Waals surface area contributed by atoms with Gasteiger partial charge < -0.3 is 21.5 Å². The van der Waals surface area contributed by atoms with Crippen LogP contribution in [0, 0.1) is 5.41 Å². The highest BCUT2D eigenvalue weighted by Gasteiger charge is 2.39. The number of benzene rings is 1. The molecule has 3 atom stereocenters. The van der Waals surface area contributed by atoms with Crippen LogP contribution in [0.3, 0.4) is 0 Å². The van der Waals surface area contributed by atoms with Gasteiger partial charge in [-0.1, -0.05) is 30.4 Å². The van der Waals surface area contributed by atoms with Crippen LogP contribution in [-0.2, 0) is 19.2 Å². The largest absolute Gasteiger partial charge is 0.480 e. The number of hydrazine groups is 1. The maximum absolute atomic E-state index is 13.2. The summed E-state index contributed by atoms with van der Waals surface area (Å²) in [6.07, 6.45) is -0.580. The van der Waals surface area contributed by atoms with Crippen LogP contribution in [0.25, 0.3) is 17.0 Å². The predicted molar refractivity (Wildman–Crippen MR) is 157 cm³/mol. The number of allylic oxidation sites excluding steroid dienone is 1. The lowest BCUT2D eigenvalue weighted by molar-refractivity contribution is -0.150. The van der Waals surface area contributed by atoms with Crippen molar-refractivity contribution in [3.05, 3.63) is 58.9 Å². The lowest BCUT2D eigenvalue weighted by Gasteiger charge is -2.33. The van der Waals surface area contributed by atoms with E-state index in [9.17, 15) is 37.5 Å². The molecule has 1 aliphatic heterocycles. The monoisotopic (exact) mass is 618 g/mol. The molecule has 0 radical (unpaired) electrons. The number of aromatic nitrogens is 1. The molecule has 14 heteroatoms. The van der Waals surface area contributed by atoms with Gasteiger partial charge in [0.2, 0.25) is 5.91 Å². The molecule has 1 aromatic carbocycles. The number of carboxylic acids is 1. The van der Waals surface area contributed by atoms with E-state index in [-0.39, 0.29) is 17.9 Å². The summed E-state index contributed by atoms with van der Waals surface area (Å²) < 4.78 is 39.2. The molecule has 1 aliphatic rings. The summed E-state index contributed by atoms with van der Waals surface area (Å²) in [7, 11) is 0. The van der Waals surface area contributed by atoms with E-state index in [1.807, 2.05) is 0 Å². The second-order valence-electron chi connectivity index (χ2n) is 11.4. The zero-order chi connectivity index (χ0) is 33.0. The Labute approximate surface area is 252 Å². The van der Waals surface area contributed by atoms with Crippen LogP contribution in [0.15, 0.2) is 47.7 Å². The molecule has 1 saturated heterocycles. The first kappa shape index (κ1) is 34.2. The van der Waals surface area contributed by atoms with Crippen molar-refractivity contribution in [2.45, 2.75) is 71.8 Å². The van der Waals surface area contributed by atoms with Gasteiger partial charge in [-0.15, -0.1) is 0 Å². The van der Waals surface area contributed by atoms with E-state index < -0.39 is 53.4 Å². The Kier molecular flexibility index (Phi) is 10.5. The number of hydrogen-bond acceptors (Lipinski definition) is 7. The van der Waals surface area contributed by atoms with E-state index >= 15 is 0 Å². The number of carbonyl (C=O) groups excluding carboxylic acids is 3. The number of amides is 3. The second kappa shape index (κ2) is 13.6. The zero-order valence-electron chi connectivity index (χ0n) is 25.1. The quantitative estimate of drug-likeness (QED) is 0.267. The summed E-state index contributed by atoms with van der Waals surface area (Å²) in [6, 6.07) is 3.58. The lowest BCUT2D eigenvalue weighted by Crippen LogP contribution is -2.59. The van der Waals surface area contributed by atoms with Gasteiger partial charge in [0.1, 0.15) is 23.8 Å². The number of nitrogens with one attached hydrogen (secondary N) is 3. The van der Waals surface area contributed by atoms with Crippen LogP contribution in [0.5, 0.6) is 0 Å². The maximum Gasteiger partial charge on any atom is 0.409 e. The van der Waals surface area contributed by atoms with Gasteiger partial charge in [0.05, 0.1) is 16.6 Å². The summed E-state index contributed by atoms with van der Waals surface area (Å²) in [5, 5.41) is 16.2. The third-order valence-corrected chi connectivity index (χ3v) is 7.12. The molecule has 11 nitrogen and oxygen atoms in total. The molecule has 3 rings (SSSR count). The Morgan fingerprint density at radius 1 is 1.16 bits per heavy atom. The van der Waals surface area contributed by atoms with Crippen LogP contribution >= 0.6 is 0 Å². The molecule has 0 bridgehead atoms. The molecule has 0 saturated carbocycles. The van der Waals surface area contributed by atoms with E-state index in [1.165, 1.54) is 24.1 Å². The van der Waals surface area contributed by atoms with Crippen molar-refractivity contribution in [1.29, 1.82) is 0 Å². The lowest BCUT2D eigenvalue weighted by atomic mass is 9.90. The van der Waals surface area contributed by atoms with E-state index in [0.717, 1.165) is 0 Å². The molecular formula is C30H37F3N6O5. The Hall–Kier alpha value is -4.30. The van der Waals surface area contributed by atoms with Gasteiger partial charge in [0.25, 0.3) is 11.8 Å². The molecule has 6 N–H and O–H groups in total. The SMILES string of the molecule is CC(C)=C(NC(=O)C(C)(C)/C=C/c1ccc2ccc([C@H](N)C(F)(F)F)nc2c1)C(=O)N[C@@H](C)C(=O)N1CCC[C@@H](C(=O)O)N1. The van der Waals surface area contributed by atoms with Crippen molar-refractivity contribution >= 4 is 40.7 Å². The molecule has 2 heterocycles. The Balaban J connectivity index is 1.70. The van der Waals surface area contributed by atoms with Crippen LogP contribution in [-0.4, -0.2) is 63.6 Å². The topological polar surface area (TPSA) is 167 Å². The number of aliphatic carboxylic acids is 1. The molecule has 3 amide bonds. The number of nitrogens with two attached hydrogens (primary N) is 1. The summed E-state index contributed by atoms with van der Waals surface area (Å²) >= 11 is 0. The van der Waals surface area contributed by atoms with E-state index in [2.05, 4.69) is 21.0 Å². The molecule has 0 aliphatic carbocycles. The standard InChI is InChI=1S/C30H37F3N6O5/c1-16(2)23(25(40)35-17(3)26(41)39-14-6-7-21(38-39)27(42)43)37-28(44)29(4,5)13-12-18-8-9-19-10-11-20(36-22(19)15-18)24(34)30(31,32)33/h8-13,15,17,21,24,38H,6-7,14,34H2,1-5H3,(H,35,40)(H,37,44)(H,42,43)/b13-12+/t17-,21-,24-/m0/s1. The van der Waals surface area contributed by atoms with Gasteiger partial charge in [0, 0.05) is 11.9 Å². The van der Waals surface area contributed by atoms with Crippen molar-refractivity contribution in [3.63, 3.8) is 0 Å². The van der Waals surface area contributed by atoms with Crippen LogP contribution in [0.1, 0.15) is 64.8 Å². The number of carbonyl (C=O) groups is 4. The number of halogens is 3. The first-order valence-electron chi connectivity index (χ1n) is 13.9. The van der Waals surface area contributed by atoms with E-state index in [1.54, 1.807) is 58.0 Å². The highest BCUT2D eigenvalue weighted by atomic mass is 19.4.